The number of hydrogen-bond donors (Lipinski definition) is 2. The van der Waals surface area contributed by atoms with E-state index in [0.29, 0.717) is 5.65 Å². The predicted molar refractivity (Wildman–Crippen MR) is 149 cm³/mol. The van der Waals surface area contributed by atoms with Gasteiger partial charge in [0.15, 0.2) is 5.65 Å². The summed E-state index contributed by atoms with van der Waals surface area (Å²) in [5.74, 6) is 5.87. The van der Waals surface area contributed by atoms with Crippen molar-refractivity contribution in [2.24, 2.45) is 12.8 Å². The Morgan fingerprint density at radius 2 is 1.90 bits per heavy atom. The summed E-state index contributed by atoms with van der Waals surface area (Å²) in [5, 5.41) is 13.6. The Kier molecular flexibility index (Phi) is 6.96. The number of carbonyl (C=O) groups is 1. The summed E-state index contributed by atoms with van der Waals surface area (Å²) in [5.41, 5.74) is 17.5. The van der Waals surface area contributed by atoms with E-state index in [2.05, 4.69) is 80.4 Å². The summed E-state index contributed by atoms with van der Waals surface area (Å²) >= 11 is 0. The molecule has 10 heteroatoms. The van der Waals surface area contributed by atoms with Crippen LogP contribution in [-0.4, -0.2) is 40.3 Å². The second-order valence-electron chi connectivity index (χ2n) is 8.68. The fourth-order valence-electron chi connectivity index (χ4n) is 4.19. The van der Waals surface area contributed by atoms with E-state index >= 15 is 0 Å². The van der Waals surface area contributed by atoms with Gasteiger partial charge in [-0.05, 0) is 35.2 Å². The van der Waals surface area contributed by atoms with E-state index in [-0.39, 0.29) is 11.4 Å². The van der Waals surface area contributed by atoms with E-state index < -0.39 is 5.91 Å². The molecular formula is C29H25N9O. The summed E-state index contributed by atoms with van der Waals surface area (Å²) < 4.78 is 3.32. The van der Waals surface area contributed by atoms with Crippen LogP contribution in [0.4, 0.5) is 5.82 Å². The van der Waals surface area contributed by atoms with Crippen LogP contribution in [0.15, 0.2) is 79.8 Å². The van der Waals surface area contributed by atoms with Crippen molar-refractivity contribution in [2.75, 3.05) is 5.73 Å². The highest BCUT2D eigenvalue weighted by atomic mass is 16.1. The van der Waals surface area contributed by atoms with E-state index in [1.807, 2.05) is 19.3 Å². The summed E-state index contributed by atoms with van der Waals surface area (Å²) in [4.78, 5) is 18.7. The Balaban J connectivity index is 0.000000198. The molecule has 6 aromatic rings. The molecule has 0 unspecified atom stereocenters. The number of nitrogen functional groups attached to an aromatic ring is 1. The minimum Gasteiger partial charge on any atom is -0.383 e. The molecule has 1 amide bonds. The molecule has 0 spiro atoms. The maximum absolute atomic E-state index is 11.0. The van der Waals surface area contributed by atoms with Crippen LogP contribution in [0.25, 0.3) is 27.7 Å². The van der Waals surface area contributed by atoms with Gasteiger partial charge in [-0.2, -0.15) is 15.3 Å². The number of anilines is 1. The third-order valence-corrected chi connectivity index (χ3v) is 6.09. The fraction of sp³-hybridized carbons (Fsp3) is 0.103. The van der Waals surface area contributed by atoms with Crippen LogP contribution in [0.5, 0.6) is 0 Å². The molecule has 0 fully saturated rings. The van der Waals surface area contributed by atoms with Crippen LogP contribution >= 0.6 is 0 Å². The maximum Gasteiger partial charge on any atom is 0.256 e. The lowest BCUT2D eigenvalue weighted by molar-refractivity contribution is 0.100. The van der Waals surface area contributed by atoms with E-state index in [4.69, 9.17) is 11.5 Å². The van der Waals surface area contributed by atoms with Gasteiger partial charge in [0.05, 0.1) is 29.0 Å². The largest absolute Gasteiger partial charge is 0.383 e. The smallest absolute Gasteiger partial charge is 0.256 e. The molecule has 39 heavy (non-hydrogen) atoms. The van der Waals surface area contributed by atoms with E-state index in [9.17, 15) is 4.79 Å². The van der Waals surface area contributed by atoms with E-state index in [1.54, 1.807) is 33.9 Å². The minimum atomic E-state index is -0.623. The van der Waals surface area contributed by atoms with Gasteiger partial charge in [0, 0.05) is 31.0 Å². The van der Waals surface area contributed by atoms with Crippen molar-refractivity contribution in [1.29, 1.82) is 0 Å². The van der Waals surface area contributed by atoms with Gasteiger partial charge in [-0.1, -0.05) is 49.1 Å². The van der Waals surface area contributed by atoms with Crippen molar-refractivity contribution < 1.29 is 4.79 Å². The average Bonchev–Trinajstić information content (AvgIpc) is 3.60. The molecule has 0 atom stereocenters. The molecule has 6 rings (SSSR count). The lowest BCUT2D eigenvalue weighted by Gasteiger charge is -2.10. The van der Waals surface area contributed by atoms with Gasteiger partial charge in [-0.3, -0.25) is 13.9 Å². The van der Waals surface area contributed by atoms with Crippen molar-refractivity contribution in [3.63, 3.8) is 0 Å². The highest BCUT2D eigenvalue weighted by molar-refractivity contribution is 6.02. The number of nitrogens with zero attached hydrogens (tertiary/aromatic N) is 7. The number of aryl methyl sites for hydroxylation is 2. The Labute approximate surface area is 224 Å². The average molecular weight is 516 g/mol. The first-order chi connectivity index (χ1) is 18.9. The molecule has 0 saturated heterocycles. The molecule has 0 aliphatic carbocycles. The second kappa shape index (κ2) is 10.8. The molecule has 4 aromatic heterocycles. The maximum atomic E-state index is 11.0. The fourth-order valence-corrected chi connectivity index (χ4v) is 4.19. The van der Waals surface area contributed by atoms with E-state index in [1.165, 1.54) is 23.0 Å². The van der Waals surface area contributed by atoms with Gasteiger partial charge < -0.3 is 11.5 Å². The predicted octanol–water partition coefficient (Wildman–Crippen LogP) is 3.40. The van der Waals surface area contributed by atoms with Crippen molar-refractivity contribution in [1.82, 2.24) is 34.3 Å². The SMILES string of the molecule is CCc1cc2nncc(C#Cc3cnn(C)c3)c2cc1-c1ccccc1.NC(=O)c1c(N)ncn2ccnc12. The quantitative estimate of drug-likeness (QED) is 0.344. The Bertz CT molecular complexity index is 1860. The number of primary amides is 1. The number of aromatic nitrogens is 7. The number of benzene rings is 2. The monoisotopic (exact) mass is 515 g/mol. The number of imidazole rings is 1. The highest BCUT2D eigenvalue weighted by Gasteiger charge is 2.13. The van der Waals surface area contributed by atoms with Crippen molar-refractivity contribution in [3.05, 3.63) is 102 Å². The summed E-state index contributed by atoms with van der Waals surface area (Å²) in [6, 6.07) is 14.7. The summed E-state index contributed by atoms with van der Waals surface area (Å²) in [6.07, 6.45) is 11.0. The Hall–Kier alpha value is -5.56. The van der Waals surface area contributed by atoms with Gasteiger partial charge in [0.1, 0.15) is 17.7 Å². The highest BCUT2D eigenvalue weighted by Crippen LogP contribution is 2.29. The van der Waals surface area contributed by atoms with Gasteiger partial charge in [0.2, 0.25) is 0 Å². The molecule has 0 aliphatic heterocycles. The zero-order valence-electron chi connectivity index (χ0n) is 21.4. The molecule has 0 radical (unpaired) electrons. The lowest BCUT2D eigenvalue weighted by Crippen LogP contribution is -2.16. The third kappa shape index (κ3) is 5.28. The van der Waals surface area contributed by atoms with Gasteiger partial charge in [0.25, 0.3) is 5.91 Å². The van der Waals surface area contributed by atoms with Crippen LogP contribution in [0.2, 0.25) is 0 Å². The summed E-state index contributed by atoms with van der Waals surface area (Å²) in [7, 11) is 1.88. The first kappa shape index (κ1) is 25.1. The topological polar surface area (TPSA) is 143 Å². The van der Waals surface area contributed by atoms with Crippen molar-refractivity contribution in [2.45, 2.75) is 13.3 Å². The summed E-state index contributed by atoms with van der Waals surface area (Å²) in [6.45, 7) is 2.16. The molecule has 192 valence electrons. The van der Waals surface area contributed by atoms with Crippen molar-refractivity contribution in [3.8, 4) is 23.0 Å². The number of hydrogen-bond acceptors (Lipinski definition) is 7. The van der Waals surface area contributed by atoms with Crippen LogP contribution in [-0.2, 0) is 13.5 Å². The zero-order valence-corrected chi connectivity index (χ0v) is 21.4. The number of nitrogens with two attached hydrogens (primary N) is 2. The standard InChI is InChI=1S/C22H18N4.C7H7N5O/c1-3-17-11-22-21(12-20(17)18-7-5-4-6-8-18)19(14-23-25-22)10-9-16-13-24-26(2)15-16;8-5-4(6(9)13)7-10-1-2-12(7)3-11-5/h4-8,11-15H,3H2,1-2H3;1-3H,8H2,(H2,9,13). The lowest BCUT2D eigenvalue weighted by atomic mass is 9.95. The molecule has 4 heterocycles. The number of rotatable bonds is 3. The molecule has 0 saturated carbocycles. The normalized spacial score (nSPS) is 10.5. The molecule has 4 N–H and O–H groups in total. The van der Waals surface area contributed by atoms with Gasteiger partial charge >= 0.3 is 0 Å². The second-order valence-corrected chi connectivity index (χ2v) is 8.68. The van der Waals surface area contributed by atoms with Crippen LogP contribution in [0, 0.1) is 11.8 Å². The number of fused-ring (bicyclic) bond motifs is 2. The Morgan fingerprint density at radius 3 is 2.62 bits per heavy atom. The molecule has 0 bridgehead atoms. The van der Waals surface area contributed by atoms with Crippen LogP contribution in [0.3, 0.4) is 0 Å². The van der Waals surface area contributed by atoms with E-state index in [0.717, 1.165) is 28.5 Å². The van der Waals surface area contributed by atoms with Gasteiger partial charge in [-0.25, -0.2) is 9.97 Å². The van der Waals surface area contributed by atoms with Crippen LogP contribution in [0.1, 0.15) is 34.0 Å². The molecule has 0 aliphatic rings. The van der Waals surface area contributed by atoms with Gasteiger partial charge in [-0.15, -0.1) is 0 Å². The van der Waals surface area contributed by atoms with Crippen molar-refractivity contribution >= 4 is 28.3 Å². The molecule has 10 nitrogen and oxygen atoms in total. The first-order valence-electron chi connectivity index (χ1n) is 12.2. The number of amides is 1. The third-order valence-electron chi connectivity index (χ3n) is 6.09. The molecule has 2 aromatic carbocycles. The number of carbonyl (C=O) groups excluding carboxylic acids is 1. The van der Waals surface area contributed by atoms with Crippen LogP contribution < -0.4 is 11.5 Å². The minimum absolute atomic E-state index is 0.103. The zero-order chi connectivity index (χ0) is 27.4. The Morgan fingerprint density at radius 1 is 1.08 bits per heavy atom. The molecular weight excluding hydrogens is 490 g/mol. The first-order valence-corrected chi connectivity index (χ1v) is 12.2.